The summed E-state index contributed by atoms with van der Waals surface area (Å²) in [5.41, 5.74) is -0.902. The van der Waals surface area contributed by atoms with Crippen LogP contribution in [-0.2, 0) is 24.4 Å². The largest absolute Gasteiger partial charge is 0.494 e. The van der Waals surface area contributed by atoms with Gasteiger partial charge in [-0.25, -0.2) is 18.4 Å². The molecular weight excluding hydrogens is 804 g/mol. The number of likely N-dealkylation sites (tertiary alicyclic amines) is 1. The Labute approximate surface area is 344 Å². The van der Waals surface area contributed by atoms with Crippen LogP contribution in [-0.4, -0.2) is 83.6 Å². The zero-order valence-corrected chi connectivity index (χ0v) is 34.7. The summed E-state index contributed by atoms with van der Waals surface area (Å²) in [4.78, 5) is 53.7. The van der Waals surface area contributed by atoms with Crippen molar-refractivity contribution in [3.05, 3.63) is 77.8 Å². The first-order chi connectivity index (χ1) is 27.6. The number of thiazole rings is 1. The Bertz CT molecular complexity index is 2530. The summed E-state index contributed by atoms with van der Waals surface area (Å²) < 4.78 is 45.8. The summed E-state index contributed by atoms with van der Waals surface area (Å²) in [5, 5.41) is 10.5. The number of rotatable bonds is 13. The van der Waals surface area contributed by atoms with Crippen LogP contribution in [0.3, 0.4) is 0 Å². The van der Waals surface area contributed by atoms with Crippen LogP contribution in [0.15, 0.2) is 77.2 Å². The van der Waals surface area contributed by atoms with E-state index in [0.717, 1.165) is 11.0 Å². The normalized spacial score (nSPS) is 22.4. The topological polar surface area (TPSA) is 182 Å². The molecule has 58 heavy (non-hydrogen) atoms. The van der Waals surface area contributed by atoms with E-state index in [9.17, 15) is 22.8 Å². The van der Waals surface area contributed by atoms with E-state index in [-0.39, 0.29) is 25.3 Å². The molecule has 2 aromatic carbocycles. The third-order valence-electron chi connectivity index (χ3n) is 10.9. The van der Waals surface area contributed by atoms with E-state index in [2.05, 4.69) is 26.9 Å². The maximum absolute atomic E-state index is 14.9. The fraction of sp³-hybridized carbons (Fsp3) is 0.390. The van der Waals surface area contributed by atoms with Crippen LogP contribution < -0.4 is 24.8 Å². The number of hydrogen-bond acceptors (Lipinski definition) is 12. The van der Waals surface area contributed by atoms with Crippen molar-refractivity contribution in [3.8, 4) is 23.1 Å². The minimum absolute atomic E-state index is 0.0107. The Morgan fingerprint density at radius 1 is 1.14 bits per heavy atom. The number of furan rings is 1. The molecule has 0 spiro atoms. The monoisotopic (exact) mass is 846 g/mol. The molecule has 2 aliphatic carbocycles. The number of amides is 3. The van der Waals surface area contributed by atoms with Gasteiger partial charge in [0.15, 0.2) is 10.9 Å². The maximum atomic E-state index is 14.9. The number of benzene rings is 2. The molecule has 1 aliphatic heterocycles. The molecule has 17 heteroatoms. The number of carbonyl (C=O) groups is 3. The van der Waals surface area contributed by atoms with Gasteiger partial charge in [-0.1, -0.05) is 56.6 Å². The van der Waals surface area contributed by atoms with Gasteiger partial charge in [0.05, 0.1) is 25.1 Å². The molecule has 0 bridgehead atoms. The Hall–Kier alpha value is -5.19. The van der Waals surface area contributed by atoms with Gasteiger partial charge in [-0.05, 0) is 55.0 Å². The van der Waals surface area contributed by atoms with E-state index in [1.165, 1.54) is 35.6 Å². The lowest BCUT2D eigenvalue weighted by atomic mass is 9.85. The molecule has 304 valence electrons. The van der Waals surface area contributed by atoms with Crippen LogP contribution in [0, 0.1) is 11.3 Å². The lowest BCUT2D eigenvalue weighted by molar-refractivity contribution is -0.141. The number of aromatic nitrogens is 2. The van der Waals surface area contributed by atoms with E-state index in [1.807, 2.05) is 56.5 Å². The average molecular weight is 847 g/mol. The lowest BCUT2D eigenvalue weighted by Gasteiger charge is -2.35. The fourth-order valence-corrected chi connectivity index (χ4v) is 9.74. The van der Waals surface area contributed by atoms with Crippen molar-refractivity contribution in [1.29, 1.82) is 0 Å². The number of anilines is 1. The second kappa shape index (κ2) is 14.9. The first-order valence-corrected chi connectivity index (χ1v) is 21.7. The smallest absolute Gasteiger partial charge is 0.259 e. The van der Waals surface area contributed by atoms with E-state index in [4.69, 9.17) is 30.5 Å². The molecular formula is C41H43ClN6O8S2. The Morgan fingerprint density at radius 3 is 2.60 bits per heavy atom. The van der Waals surface area contributed by atoms with Gasteiger partial charge in [-0.3, -0.25) is 19.1 Å². The molecule has 5 atom stereocenters. The number of carbonyl (C=O) groups excluding carboxylic acids is 3. The maximum Gasteiger partial charge on any atom is 0.259 e. The molecule has 8 rings (SSSR count). The van der Waals surface area contributed by atoms with Crippen molar-refractivity contribution < 1.29 is 36.7 Å². The number of sulfonamides is 1. The second-order valence-corrected chi connectivity index (χ2v) is 19.4. The number of nitrogens with one attached hydrogen (secondary N) is 3. The molecule has 3 fully saturated rings. The summed E-state index contributed by atoms with van der Waals surface area (Å²) in [6, 6.07) is 12.8. The van der Waals surface area contributed by atoms with E-state index < -0.39 is 68.1 Å². The van der Waals surface area contributed by atoms with Gasteiger partial charge in [0.1, 0.15) is 40.8 Å². The highest BCUT2D eigenvalue weighted by Crippen LogP contribution is 2.46. The molecule has 3 aliphatic rings. The van der Waals surface area contributed by atoms with Gasteiger partial charge in [0, 0.05) is 38.9 Å². The van der Waals surface area contributed by atoms with E-state index >= 15 is 0 Å². The minimum atomic E-state index is -3.90. The van der Waals surface area contributed by atoms with Gasteiger partial charge in [0.25, 0.3) is 5.91 Å². The van der Waals surface area contributed by atoms with Crippen molar-refractivity contribution in [3.63, 3.8) is 0 Å². The van der Waals surface area contributed by atoms with Crippen molar-refractivity contribution in [2.75, 3.05) is 19.0 Å². The van der Waals surface area contributed by atoms with Crippen molar-refractivity contribution in [2.45, 2.75) is 75.4 Å². The summed E-state index contributed by atoms with van der Waals surface area (Å²) in [6.45, 7) is 9.52. The number of para-hydroxylation sites is 1. The van der Waals surface area contributed by atoms with Gasteiger partial charge in [-0.15, -0.1) is 17.9 Å². The highest BCUT2D eigenvalue weighted by atomic mass is 35.5. The first-order valence-electron chi connectivity index (χ1n) is 18.9. The number of hydrogen-bond donors (Lipinski definition) is 3. The van der Waals surface area contributed by atoms with Crippen LogP contribution in [0.2, 0.25) is 5.02 Å². The molecule has 1 saturated heterocycles. The zero-order chi connectivity index (χ0) is 41.1. The Balaban J connectivity index is 1.09. The SMILES string of the molecule is C=C[C@@H]1C[C@]1(NC(=O)[C@@H]1C[C@@H](Oc2ncc(OC)c3ccc(Cl)cc23)CN1C(=O)[C@@H](Nc1nc(-c2cc3ccccc3o2)cs1)C(C)(C)C)C(=O)NS(=O)(=O)C1CC1. The average Bonchev–Trinajstić information content (AvgIpc) is 4.00. The van der Waals surface area contributed by atoms with E-state index in [0.29, 0.717) is 51.0 Å². The van der Waals surface area contributed by atoms with Crippen molar-refractivity contribution >= 4 is 77.6 Å². The number of nitrogens with zero attached hydrogens (tertiary/aromatic N) is 3. The molecule has 3 aromatic heterocycles. The second-order valence-electron chi connectivity index (χ2n) is 16.1. The minimum Gasteiger partial charge on any atom is -0.494 e. The molecule has 3 N–H and O–H groups in total. The summed E-state index contributed by atoms with van der Waals surface area (Å²) in [6.07, 6.45) is 3.44. The lowest BCUT2D eigenvalue weighted by Crippen LogP contribution is -2.58. The summed E-state index contributed by atoms with van der Waals surface area (Å²) >= 11 is 7.70. The van der Waals surface area contributed by atoms with Crippen molar-refractivity contribution in [2.24, 2.45) is 11.3 Å². The highest BCUT2D eigenvalue weighted by molar-refractivity contribution is 7.91. The molecule has 0 unspecified atom stereocenters. The predicted molar refractivity (Wildman–Crippen MR) is 221 cm³/mol. The van der Waals surface area contributed by atoms with E-state index in [1.54, 1.807) is 18.2 Å². The third-order valence-corrected chi connectivity index (χ3v) is 13.8. The summed E-state index contributed by atoms with van der Waals surface area (Å²) in [7, 11) is -2.37. The Morgan fingerprint density at radius 2 is 1.91 bits per heavy atom. The standard InChI is InChI=1S/C41H43ClN6O8S2/c1-6-23-18-41(23,38(51)47-58(52,53)26-12-13-26)46-35(49)30-17-25(55-36-28-16-24(42)11-14-27(28)33(54-5)19-43-36)20-48(30)37(50)34(40(2,3)4)45-39-44-29(21-57-39)32-15-22-9-7-8-10-31(22)56-32/h6-11,14-16,19,21,23,25-26,30,34H,1,12-13,17-18,20H2,2-5H3,(H,44,45)(H,46,49)(H,47,51)/t23-,25-,30+,34-,41-/m1/s1. The quantitative estimate of drug-likeness (QED) is 0.113. The van der Waals surface area contributed by atoms with Gasteiger partial charge in [0.2, 0.25) is 27.7 Å². The number of pyridine rings is 1. The number of ether oxygens (including phenoxy) is 2. The summed E-state index contributed by atoms with van der Waals surface area (Å²) in [5.74, 6) is -1.05. The first kappa shape index (κ1) is 39.6. The van der Waals surface area contributed by atoms with Crippen LogP contribution in [0.5, 0.6) is 11.6 Å². The number of fused-ring (bicyclic) bond motifs is 2. The van der Waals surface area contributed by atoms with Crippen LogP contribution in [0.4, 0.5) is 5.13 Å². The number of methoxy groups -OCH3 is 1. The molecule has 14 nitrogen and oxygen atoms in total. The van der Waals surface area contributed by atoms with Crippen LogP contribution in [0.25, 0.3) is 33.2 Å². The Kier molecular flexibility index (Phi) is 10.2. The zero-order valence-electron chi connectivity index (χ0n) is 32.3. The van der Waals surface area contributed by atoms with Gasteiger partial charge in [-0.2, -0.15) is 0 Å². The molecule has 4 heterocycles. The molecule has 0 radical (unpaired) electrons. The van der Waals surface area contributed by atoms with Crippen molar-refractivity contribution in [1.82, 2.24) is 24.9 Å². The molecule has 2 saturated carbocycles. The third kappa shape index (κ3) is 7.60. The molecule has 3 amide bonds. The molecule has 5 aromatic rings. The van der Waals surface area contributed by atoms with Crippen LogP contribution in [0.1, 0.15) is 46.5 Å². The fourth-order valence-electron chi connectivity index (χ4n) is 7.47. The number of halogens is 1. The van der Waals surface area contributed by atoms with Crippen LogP contribution >= 0.6 is 22.9 Å². The van der Waals surface area contributed by atoms with Gasteiger partial charge < -0.3 is 29.4 Å². The van der Waals surface area contributed by atoms with Gasteiger partial charge >= 0.3 is 0 Å². The predicted octanol–water partition coefficient (Wildman–Crippen LogP) is 6.31. The highest BCUT2D eigenvalue weighted by Gasteiger charge is 2.62.